The second kappa shape index (κ2) is 9.39. The molecule has 4 rings (SSSR count). The normalized spacial score (nSPS) is 15.4. The number of aliphatic hydroxyl groups excluding tert-OH is 1. The molecule has 0 spiro atoms. The summed E-state index contributed by atoms with van der Waals surface area (Å²) in [7, 11) is 0. The number of hydrogen-bond acceptors (Lipinski definition) is 6. The summed E-state index contributed by atoms with van der Waals surface area (Å²) in [6.45, 7) is 7.13. The van der Waals surface area contributed by atoms with Crippen LogP contribution in [0.2, 0.25) is 0 Å². The van der Waals surface area contributed by atoms with Crippen LogP contribution < -0.4 is 15.5 Å². The van der Waals surface area contributed by atoms with Crippen molar-refractivity contribution in [2.45, 2.75) is 45.7 Å². The summed E-state index contributed by atoms with van der Waals surface area (Å²) in [4.78, 5) is 19.8. The summed E-state index contributed by atoms with van der Waals surface area (Å²) in [5, 5.41) is 16.1. The number of amides is 1. The zero-order valence-corrected chi connectivity index (χ0v) is 19.3. The van der Waals surface area contributed by atoms with Gasteiger partial charge in [-0.3, -0.25) is 4.79 Å². The van der Waals surface area contributed by atoms with Gasteiger partial charge in [-0.2, -0.15) is 4.98 Å². The molecule has 0 saturated heterocycles. The first-order valence-corrected chi connectivity index (χ1v) is 11.3. The zero-order chi connectivity index (χ0) is 23.6. The zero-order valence-electron chi connectivity index (χ0n) is 19.3. The highest BCUT2D eigenvalue weighted by Crippen LogP contribution is 2.29. The standard InChI is InChI=1S/C25H31FN4O3/c1-25(2,3)13-20(29-24-28-19-6-4-5-7-22(19)33-24)23(32)27-18(15-31)14-30-11-10-16-12-17(26)8-9-21(16)30/h4-9,12,18,20,31H,10-11,13-15H2,1-3H3,(H,27,32)(H,28,29)/t18-,20+/m1/s1. The largest absolute Gasteiger partial charge is 0.424 e. The van der Waals surface area contributed by atoms with Crippen LogP contribution in [0.3, 0.4) is 0 Å². The Hall–Kier alpha value is -3.13. The minimum atomic E-state index is -0.591. The van der Waals surface area contributed by atoms with Gasteiger partial charge >= 0.3 is 0 Å². The number of halogens is 1. The molecule has 1 aromatic heterocycles. The number of carbonyl (C=O) groups is 1. The summed E-state index contributed by atoms with van der Waals surface area (Å²) >= 11 is 0. The van der Waals surface area contributed by atoms with Gasteiger partial charge in [0.15, 0.2) is 5.58 Å². The number of nitrogens with zero attached hydrogens (tertiary/aromatic N) is 2. The Kier molecular flexibility index (Phi) is 6.56. The van der Waals surface area contributed by atoms with Crippen molar-refractivity contribution in [3.05, 3.63) is 53.8 Å². The monoisotopic (exact) mass is 454 g/mol. The molecule has 2 aromatic carbocycles. The third kappa shape index (κ3) is 5.63. The van der Waals surface area contributed by atoms with E-state index in [1.165, 1.54) is 6.07 Å². The number of fused-ring (bicyclic) bond motifs is 2. The van der Waals surface area contributed by atoms with E-state index in [4.69, 9.17) is 4.42 Å². The molecule has 1 amide bonds. The first-order chi connectivity index (χ1) is 15.7. The molecule has 0 fully saturated rings. The molecule has 0 bridgehead atoms. The van der Waals surface area contributed by atoms with Crippen molar-refractivity contribution in [3.63, 3.8) is 0 Å². The Labute approximate surface area is 193 Å². The molecule has 33 heavy (non-hydrogen) atoms. The number of hydrogen-bond donors (Lipinski definition) is 3. The smallest absolute Gasteiger partial charge is 0.296 e. The third-order valence-corrected chi connectivity index (χ3v) is 5.77. The van der Waals surface area contributed by atoms with Crippen LogP contribution in [0.4, 0.5) is 16.1 Å². The third-order valence-electron chi connectivity index (χ3n) is 5.77. The summed E-state index contributed by atoms with van der Waals surface area (Å²) in [5.41, 5.74) is 3.12. The maximum atomic E-state index is 13.5. The minimum absolute atomic E-state index is 0.131. The maximum Gasteiger partial charge on any atom is 0.296 e. The summed E-state index contributed by atoms with van der Waals surface area (Å²) in [5.74, 6) is -0.484. The molecule has 8 heteroatoms. The fourth-order valence-electron chi connectivity index (χ4n) is 4.25. The topological polar surface area (TPSA) is 90.6 Å². The number of aromatic nitrogens is 1. The quantitative estimate of drug-likeness (QED) is 0.481. The Morgan fingerprint density at radius 3 is 2.79 bits per heavy atom. The van der Waals surface area contributed by atoms with E-state index in [0.29, 0.717) is 24.1 Å². The van der Waals surface area contributed by atoms with Crippen LogP contribution in [0, 0.1) is 11.2 Å². The van der Waals surface area contributed by atoms with Crippen LogP contribution in [-0.4, -0.2) is 47.8 Å². The fourth-order valence-corrected chi connectivity index (χ4v) is 4.25. The summed E-state index contributed by atoms with van der Waals surface area (Å²) in [6, 6.07) is 11.4. The summed E-state index contributed by atoms with van der Waals surface area (Å²) in [6.07, 6.45) is 1.28. The van der Waals surface area contributed by atoms with E-state index in [1.807, 2.05) is 24.3 Å². The van der Waals surface area contributed by atoms with E-state index in [0.717, 1.165) is 24.2 Å². The number of rotatable bonds is 8. The fraction of sp³-hybridized carbons (Fsp3) is 0.440. The van der Waals surface area contributed by atoms with Crippen molar-refractivity contribution in [2.75, 3.05) is 29.9 Å². The lowest BCUT2D eigenvalue weighted by Gasteiger charge is -2.29. The van der Waals surface area contributed by atoms with Gasteiger partial charge in [0.1, 0.15) is 17.4 Å². The Balaban J connectivity index is 1.46. The van der Waals surface area contributed by atoms with E-state index < -0.39 is 12.1 Å². The van der Waals surface area contributed by atoms with Gasteiger partial charge in [-0.25, -0.2) is 4.39 Å². The van der Waals surface area contributed by atoms with E-state index in [1.54, 1.807) is 12.1 Å². The summed E-state index contributed by atoms with van der Waals surface area (Å²) < 4.78 is 19.3. The van der Waals surface area contributed by atoms with Crippen LogP contribution in [0.25, 0.3) is 11.1 Å². The average Bonchev–Trinajstić information content (AvgIpc) is 3.34. The lowest BCUT2D eigenvalue weighted by atomic mass is 9.87. The number of benzene rings is 2. The molecule has 7 nitrogen and oxygen atoms in total. The molecule has 3 aromatic rings. The molecule has 0 unspecified atom stereocenters. The molecular weight excluding hydrogens is 423 g/mol. The van der Waals surface area contributed by atoms with Gasteiger partial charge in [-0.1, -0.05) is 32.9 Å². The second-order valence-corrected chi connectivity index (χ2v) is 9.81. The van der Waals surface area contributed by atoms with Crippen LogP contribution in [0.15, 0.2) is 46.9 Å². The average molecular weight is 455 g/mol. The van der Waals surface area contributed by atoms with E-state index in [9.17, 15) is 14.3 Å². The molecule has 0 saturated carbocycles. The molecule has 1 aliphatic rings. The van der Waals surface area contributed by atoms with Gasteiger partial charge in [0.25, 0.3) is 6.01 Å². The van der Waals surface area contributed by atoms with E-state index in [-0.39, 0.29) is 29.8 Å². The SMILES string of the molecule is CC(C)(C)C[C@H](Nc1nc2ccccc2o1)C(=O)N[C@@H](CO)CN1CCc2cc(F)ccc21. The molecule has 1 aliphatic heterocycles. The molecule has 2 atom stereocenters. The molecule has 0 aliphatic carbocycles. The first-order valence-electron chi connectivity index (χ1n) is 11.3. The minimum Gasteiger partial charge on any atom is -0.424 e. The Morgan fingerprint density at radius 2 is 2.06 bits per heavy atom. The van der Waals surface area contributed by atoms with Gasteiger partial charge < -0.3 is 25.1 Å². The molecule has 3 N–H and O–H groups in total. The van der Waals surface area contributed by atoms with Crippen molar-refractivity contribution in [1.82, 2.24) is 10.3 Å². The van der Waals surface area contributed by atoms with Gasteiger partial charge in [-0.15, -0.1) is 0 Å². The highest BCUT2D eigenvalue weighted by atomic mass is 19.1. The van der Waals surface area contributed by atoms with Crippen LogP contribution in [-0.2, 0) is 11.2 Å². The Morgan fingerprint density at radius 1 is 1.27 bits per heavy atom. The second-order valence-electron chi connectivity index (χ2n) is 9.81. The number of nitrogens with one attached hydrogen (secondary N) is 2. The predicted molar refractivity (Wildman–Crippen MR) is 127 cm³/mol. The number of oxazole rings is 1. The van der Waals surface area contributed by atoms with Crippen LogP contribution in [0.1, 0.15) is 32.8 Å². The number of carbonyl (C=O) groups excluding carboxylic acids is 1. The highest BCUT2D eigenvalue weighted by Gasteiger charge is 2.29. The number of anilines is 2. The van der Waals surface area contributed by atoms with Crippen molar-refractivity contribution < 1.29 is 18.7 Å². The maximum absolute atomic E-state index is 13.5. The van der Waals surface area contributed by atoms with Crippen LogP contribution in [0.5, 0.6) is 0 Å². The molecule has 0 radical (unpaired) electrons. The van der Waals surface area contributed by atoms with Gasteiger partial charge in [0.05, 0.1) is 12.6 Å². The van der Waals surface area contributed by atoms with Gasteiger partial charge in [-0.05, 0) is 54.2 Å². The van der Waals surface area contributed by atoms with Crippen molar-refractivity contribution in [2.24, 2.45) is 5.41 Å². The number of para-hydroxylation sites is 2. The van der Waals surface area contributed by atoms with Crippen molar-refractivity contribution >= 4 is 28.7 Å². The lowest BCUT2D eigenvalue weighted by Crippen LogP contribution is -2.51. The van der Waals surface area contributed by atoms with Crippen LogP contribution >= 0.6 is 0 Å². The molecule has 2 heterocycles. The first kappa shape index (κ1) is 23.0. The van der Waals surface area contributed by atoms with E-state index in [2.05, 4.69) is 41.3 Å². The van der Waals surface area contributed by atoms with Crippen molar-refractivity contribution in [1.29, 1.82) is 0 Å². The predicted octanol–water partition coefficient (Wildman–Crippen LogP) is 3.72. The van der Waals surface area contributed by atoms with E-state index >= 15 is 0 Å². The van der Waals surface area contributed by atoms with Gasteiger partial charge in [0.2, 0.25) is 5.91 Å². The van der Waals surface area contributed by atoms with Crippen molar-refractivity contribution in [3.8, 4) is 0 Å². The van der Waals surface area contributed by atoms with Gasteiger partial charge in [0, 0.05) is 18.8 Å². The number of aliphatic hydroxyl groups is 1. The molecular formula is C25H31FN4O3. The highest BCUT2D eigenvalue weighted by molar-refractivity contribution is 5.85. The lowest BCUT2D eigenvalue weighted by molar-refractivity contribution is -0.123. The molecule has 176 valence electrons. The Bertz CT molecular complexity index is 1090.